The molecule has 1 aliphatic carbocycles. The molecule has 1 atom stereocenters. The number of carbonyl (C=O) groups excluding carboxylic acids is 1. The molecule has 0 saturated heterocycles. The number of hydrogen-bond acceptors (Lipinski definition) is 5. The van der Waals surface area contributed by atoms with Gasteiger partial charge in [-0.25, -0.2) is 4.39 Å². The maximum absolute atomic E-state index is 15.6. The van der Waals surface area contributed by atoms with Gasteiger partial charge >= 0.3 is 6.29 Å². The summed E-state index contributed by atoms with van der Waals surface area (Å²) < 4.78 is 92.3. The molecule has 2 aliphatic rings. The number of fused-ring (bicyclic) bond motifs is 2. The molecule has 0 bridgehead atoms. The maximum atomic E-state index is 15.6. The topological polar surface area (TPSA) is 80.9 Å². The molecule has 0 unspecified atom stereocenters. The number of aliphatic hydroxyl groups is 2. The van der Waals surface area contributed by atoms with Crippen LogP contribution in [0.25, 0.3) is 10.9 Å². The van der Waals surface area contributed by atoms with Gasteiger partial charge in [-0.15, -0.1) is 8.78 Å². The van der Waals surface area contributed by atoms with Crippen molar-refractivity contribution in [1.29, 1.82) is 0 Å². The lowest BCUT2D eigenvalue weighted by Crippen LogP contribution is -2.26. The third kappa shape index (κ3) is 4.48. The predicted molar refractivity (Wildman–Crippen MR) is 131 cm³/mol. The van der Waals surface area contributed by atoms with Gasteiger partial charge in [0, 0.05) is 25.7 Å². The van der Waals surface area contributed by atoms with Crippen LogP contribution in [-0.2, 0) is 28.6 Å². The predicted octanol–water partition coefficient (Wildman–Crippen LogP) is 4.99. The van der Waals surface area contributed by atoms with Gasteiger partial charge in [-0.3, -0.25) is 4.79 Å². The lowest BCUT2D eigenvalue weighted by molar-refractivity contribution is -0.286. The fourth-order valence-corrected chi connectivity index (χ4v) is 4.91. The van der Waals surface area contributed by atoms with Crippen LogP contribution in [0.1, 0.15) is 63.7 Å². The molecular formula is C28H30F3NO5. The van der Waals surface area contributed by atoms with Gasteiger partial charge in [0.2, 0.25) is 0 Å². The van der Waals surface area contributed by atoms with Crippen LogP contribution in [0.4, 0.5) is 13.2 Å². The summed E-state index contributed by atoms with van der Waals surface area (Å²) in [6.07, 6.45) is -8.22. The summed E-state index contributed by atoms with van der Waals surface area (Å²) in [5, 5.41) is 20.5. The minimum atomic E-state index is -3.81. The van der Waals surface area contributed by atoms with Gasteiger partial charge in [-0.05, 0) is 60.7 Å². The number of halogens is 3. The largest absolute Gasteiger partial charge is 0.586 e. The minimum absolute atomic E-state index is 0.0192. The number of Topliss-reactive ketones (excluding diaryl/α,β-unsaturated/α-hetero) is 1. The Morgan fingerprint density at radius 2 is 1.92 bits per heavy atom. The monoisotopic (exact) mass is 522 g/mol. The molecule has 6 nitrogen and oxygen atoms in total. The molecule has 1 aliphatic heterocycles. The van der Waals surface area contributed by atoms with Crippen molar-refractivity contribution >= 4 is 16.7 Å². The van der Waals surface area contributed by atoms with Gasteiger partial charge in [0.1, 0.15) is 11.6 Å². The van der Waals surface area contributed by atoms with Crippen molar-refractivity contribution in [3.8, 4) is 11.5 Å². The Hall–Kier alpha value is -3.04. The van der Waals surface area contributed by atoms with Crippen molar-refractivity contribution in [2.45, 2.75) is 76.2 Å². The van der Waals surface area contributed by atoms with Gasteiger partial charge in [0.05, 0.1) is 34.2 Å². The molecule has 198 valence electrons. The number of alkyl halides is 2. The highest BCUT2D eigenvalue weighted by molar-refractivity contribution is 5.95. The molecule has 5 rings (SSSR count). The third-order valence-corrected chi connectivity index (χ3v) is 7.36. The summed E-state index contributed by atoms with van der Waals surface area (Å²) in [4.78, 5) is 13.5. The Morgan fingerprint density at radius 3 is 2.57 bits per heavy atom. The van der Waals surface area contributed by atoms with Gasteiger partial charge in [-0.2, -0.15) is 0 Å². The average molecular weight is 523 g/mol. The first-order valence-electron chi connectivity index (χ1n) is 14.3. The number of carbonyl (C=O) groups is 1. The van der Waals surface area contributed by atoms with Crippen molar-refractivity contribution in [2.24, 2.45) is 0 Å². The Labute approximate surface area is 219 Å². The van der Waals surface area contributed by atoms with E-state index >= 15 is 4.39 Å². The second-order valence-electron chi connectivity index (χ2n) is 10.1. The van der Waals surface area contributed by atoms with E-state index in [9.17, 15) is 23.8 Å². The molecule has 9 heteroatoms. The molecule has 1 saturated carbocycles. The number of hydrogen-bond donors (Lipinski definition) is 2. The van der Waals surface area contributed by atoms with E-state index in [4.69, 9.17) is 6.85 Å². The van der Waals surface area contributed by atoms with Crippen LogP contribution in [0.5, 0.6) is 11.5 Å². The number of ether oxygens (including phenoxy) is 2. The van der Waals surface area contributed by atoms with E-state index < -0.39 is 48.5 Å². The van der Waals surface area contributed by atoms with E-state index in [0.717, 1.165) is 6.07 Å². The smallest absolute Gasteiger partial charge is 0.395 e. The van der Waals surface area contributed by atoms with E-state index in [1.165, 1.54) is 41.8 Å². The quantitative estimate of drug-likeness (QED) is 0.414. The molecule has 3 aromatic rings. The Kier molecular flexibility index (Phi) is 4.74. The first-order chi connectivity index (χ1) is 19.1. The van der Waals surface area contributed by atoms with Crippen LogP contribution in [0.3, 0.4) is 0 Å². The van der Waals surface area contributed by atoms with Crippen molar-refractivity contribution in [1.82, 2.24) is 4.57 Å². The number of benzene rings is 2. The van der Waals surface area contributed by atoms with Crippen molar-refractivity contribution in [2.75, 3.05) is 6.56 Å². The Bertz CT molecular complexity index is 1590. The number of ketones is 1. The molecule has 0 amide bonds. The van der Waals surface area contributed by atoms with Crippen molar-refractivity contribution < 1.29 is 44.5 Å². The number of nitrogens with zero attached hydrogens (tertiary/aromatic N) is 1. The molecule has 2 heterocycles. The van der Waals surface area contributed by atoms with Crippen LogP contribution in [-0.4, -0.2) is 39.5 Å². The standard InChI is InChI=1S/C28H30F3NO5/c1-4-26(2,3)24-10-17-9-16(20(29)13-21(17)32(24)14-19(34)15-33)11-25(35)27(7-8-27)18-5-6-22-23(12-18)37-28(30,31)36-22/h5-6,9-10,12-13,19,33-34H,4,7-8,11,14-15H2,1-3H3/t19-/m0/s1/i4D2,15D2,19D. The third-order valence-electron chi connectivity index (χ3n) is 7.36. The summed E-state index contributed by atoms with van der Waals surface area (Å²) in [6.45, 7) is 0.244. The number of rotatable bonds is 9. The molecule has 1 aromatic heterocycles. The lowest BCUT2D eigenvalue weighted by atomic mass is 9.86. The number of aromatic nitrogens is 1. The Balaban J connectivity index is 1.52. The van der Waals surface area contributed by atoms with E-state index in [2.05, 4.69) is 9.47 Å². The molecule has 2 aromatic carbocycles. The zero-order valence-electron chi connectivity index (χ0n) is 25.5. The van der Waals surface area contributed by atoms with Crippen LogP contribution in [0.2, 0.25) is 0 Å². The molecule has 1 fully saturated rings. The zero-order chi connectivity index (χ0) is 31.3. The average Bonchev–Trinajstić information content (AvgIpc) is 3.49. The Morgan fingerprint density at radius 1 is 1.22 bits per heavy atom. The molecule has 37 heavy (non-hydrogen) atoms. The fraction of sp³-hybridized carbons (Fsp3) is 0.464. The van der Waals surface area contributed by atoms with E-state index in [0.29, 0.717) is 23.8 Å². The zero-order valence-corrected chi connectivity index (χ0v) is 20.5. The van der Waals surface area contributed by atoms with E-state index in [-0.39, 0.29) is 40.5 Å². The molecule has 0 spiro atoms. The van der Waals surface area contributed by atoms with Gasteiger partial charge in [0.15, 0.2) is 11.5 Å². The summed E-state index contributed by atoms with van der Waals surface area (Å²) in [7, 11) is 0. The first-order valence-corrected chi connectivity index (χ1v) is 11.8. The highest BCUT2D eigenvalue weighted by Crippen LogP contribution is 2.52. The summed E-state index contributed by atoms with van der Waals surface area (Å²) >= 11 is 0. The summed E-state index contributed by atoms with van der Waals surface area (Å²) in [5.74, 6) is -1.50. The molecule has 2 N–H and O–H groups in total. The van der Waals surface area contributed by atoms with Crippen LogP contribution in [0.15, 0.2) is 36.4 Å². The van der Waals surface area contributed by atoms with Gasteiger partial charge < -0.3 is 24.3 Å². The maximum Gasteiger partial charge on any atom is 0.586 e. The minimum Gasteiger partial charge on any atom is -0.395 e. The molecular weight excluding hydrogens is 487 g/mol. The van der Waals surface area contributed by atoms with Crippen LogP contribution >= 0.6 is 0 Å². The van der Waals surface area contributed by atoms with Gasteiger partial charge in [-0.1, -0.05) is 26.8 Å². The summed E-state index contributed by atoms with van der Waals surface area (Å²) in [5.41, 5.74) is -1.52. The van der Waals surface area contributed by atoms with Gasteiger partial charge in [0.25, 0.3) is 0 Å². The van der Waals surface area contributed by atoms with Crippen molar-refractivity contribution in [3.05, 3.63) is 59.0 Å². The summed E-state index contributed by atoms with van der Waals surface area (Å²) in [6, 6.07) is 8.12. The lowest BCUT2D eigenvalue weighted by Gasteiger charge is -2.26. The fourth-order valence-electron chi connectivity index (χ4n) is 4.91. The first kappa shape index (κ1) is 20.0. The highest BCUT2D eigenvalue weighted by Gasteiger charge is 2.52. The van der Waals surface area contributed by atoms with Crippen LogP contribution in [0, 0.1) is 5.82 Å². The van der Waals surface area contributed by atoms with E-state index in [1.54, 1.807) is 13.8 Å². The second kappa shape index (κ2) is 8.77. The highest BCUT2D eigenvalue weighted by atomic mass is 19.3. The second-order valence-corrected chi connectivity index (χ2v) is 10.1. The SMILES string of the molecule is [2H]C([2H])(C)C(C)(C)c1cc2cc(CC(=O)C3(c4ccc5c(c4)OC(F)(F)O5)CC3)c(F)cc2n1C[C@]([2H])(O)C([2H])([2H])O. The van der Waals surface area contributed by atoms with Crippen molar-refractivity contribution in [3.63, 3.8) is 0 Å². The molecule has 0 radical (unpaired) electrons. The normalized spacial score (nSPS) is 21.9. The van der Waals surface area contributed by atoms with Crippen LogP contribution < -0.4 is 9.47 Å². The van der Waals surface area contributed by atoms with E-state index in [1.807, 2.05) is 0 Å².